The van der Waals surface area contributed by atoms with Crippen molar-refractivity contribution < 1.29 is 13.2 Å². The Labute approximate surface area is 186 Å². The van der Waals surface area contributed by atoms with E-state index in [2.05, 4.69) is 14.9 Å². The molecule has 3 aliphatic rings. The molecular formula is C24H22N4O3S. The Bertz CT molecular complexity index is 1370. The van der Waals surface area contributed by atoms with Gasteiger partial charge in [-0.2, -0.15) is 0 Å². The summed E-state index contributed by atoms with van der Waals surface area (Å²) in [4.78, 5) is 15.7. The van der Waals surface area contributed by atoms with Crippen molar-refractivity contribution in [3.05, 3.63) is 66.0 Å². The quantitative estimate of drug-likeness (QED) is 0.598. The minimum absolute atomic E-state index is 0.134. The van der Waals surface area contributed by atoms with E-state index < -0.39 is 9.84 Å². The van der Waals surface area contributed by atoms with Crippen LogP contribution in [0.1, 0.15) is 17.7 Å². The maximum atomic E-state index is 12.0. The molecule has 8 heteroatoms. The average Bonchev–Trinajstić information content (AvgIpc) is 3.51. The zero-order chi connectivity index (χ0) is 21.7. The number of hydrogen-bond acceptors (Lipinski definition) is 7. The Morgan fingerprint density at radius 1 is 1.12 bits per heavy atom. The van der Waals surface area contributed by atoms with E-state index in [0.717, 1.165) is 34.2 Å². The van der Waals surface area contributed by atoms with Gasteiger partial charge < -0.3 is 4.74 Å². The molecule has 0 amide bonds. The predicted octanol–water partition coefficient (Wildman–Crippen LogP) is 3.26. The van der Waals surface area contributed by atoms with Crippen molar-refractivity contribution in [2.45, 2.75) is 24.3 Å². The van der Waals surface area contributed by atoms with Crippen LogP contribution in [-0.4, -0.2) is 59.6 Å². The number of pyridine rings is 2. The zero-order valence-corrected chi connectivity index (χ0v) is 18.2. The van der Waals surface area contributed by atoms with Crippen molar-refractivity contribution in [3.8, 4) is 11.6 Å². The number of benzene rings is 1. The third-order valence-corrected chi connectivity index (χ3v) is 8.68. The van der Waals surface area contributed by atoms with Crippen molar-refractivity contribution in [2.75, 3.05) is 18.8 Å². The van der Waals surface area contributed by atoms with E-state index >= 15 is 0 Å². The Kier molecular flexibility index (Phi) is 4.58. The minimum atomic E-state index is -2.87. The van der Waals surface area contributed by atoms with Crippen molar-refractivity contribution in [1.29, 1.82) is 0 Å². The molecule has 0 radical (unpaired) electrons. The fourth-order valence-corrected chi connectivity index (χ4v) is 6.85. The molecule has 2 aromatic heterocycles. The molecule has 7 nitrogen and oxygen atoms in total. The van der Waals surface area contributed by atoms with Gasteiger partial charge in [0.15, 0.2) is 9.84 Å². The van der Waals surface area contributed by atoms with E-state index in [0.29, 0.717) is 31.3 Å². The molecule has 162 valence electrons. The second-order valence-corrected chi connectivity index (χ2v) is 10.9. The minimum Gasteiger partial charge on any atom is -0.439 e. The lowest BCUT2D eigenvalue weighted by Gasteiger charge is -2.26. The summed E-state index contributed by atoms with van der Waals surface area (Å²) < 4.78 is 29.9. The van der Waals surface area contributed by atoms with Crippen LogP contribution in [0.4, 0.5) is 0 Å². The van der Waals surface area contributed by atoms with E-state index in [9.17, 15) is 8.42 Å². The van der Waals surface area contributed by atoms with Gasteiger partial charge in [0, 0.05) is 43.0 Å². The first kappa shape index (κ1) is 19.6. The predicted molar refractivity (Wildman–Crippen MR) is 124 cm³/mol. The summed E-state index contributed by atoms with van der Waals surface area (Å²) in [5, 5.41) is 0.792. The summed E-state index contributed by atoms with van der Waals surface area (Å²) in [6, 6.07) is 13.8. The third-order valence-electron chi connectivity index (χ3n) is 6.48. The molecule has 2 fully saturated rings. The number of aliphatic imine (C=N–C) groups is 1. The van der Waals surface area contributed by atoms with Gasteiger partial charge in [-0.1, -0.05) is 6.07 Å². The van der Waals surface area contributed by atoms with E-state index in [4.69, 9.17) is 9.72 Å². The summed E-state index contributed by atoms with van der Waals surface area (Å²) in [6.45, 7) is 2.00. The normalized spacial score (nSPS) is 23.7. The van der Waals surface area contributed by atoms with Gasteiger partial charge >= 0.3 is 0 Å². The Morgan fingerprint density at radius 3 is 2.78 bits per heavy atom. The van der Waals surface area contributed by atoms with Gasteiger partial charge in [0.1, 0.15) is 5.75 Å². The summed E-state index contributed by atoms with van der Waals surface area (Å²) >= 11 is 0. The van der Waals surface area contributed by atoms with Gasteiger partial charge in [0.25, 0.3) is 0 Å². The van der Waals surface area contributed by atoms with Gasteiger partial charge in [-0.15, -0.1) is 0 Å². The first-order valence-corrected chi connectivity index (χ1v) is 12.4. The molecule has 3 aromatic rings. The first-order chi connectivity index (χ1) is 15.5. The van der Waals surface area contributed by atoms with Gasteiger partial charge in [-0.3, -0.25) is 14.9 Å². The van der Waals surface area contributed by atoms with Crippen LogP contribution in [0.25, 0.3) is 16.5 Å². The van der Waals surface area contributed by atoms with Gasteiger partial charge in [0.05, 0.1) is 28.8 Å². The second kappa shape index (κ2) is 7.50. The third kappa shape index (κ3) is 3.59. The molecule has 0 aliphatic carbocycles. The molecule has 32 heavy (non-hydrogen) atoms. The molecule has 2 saturated heterocycles. The molecule has 0 saturated carbocycles. The smallest absolute Gasteiger partial charge is 0.219 e. The molecule has 3 aliphatic heterocycles. The van der Waals surface area contributed by atoms with Crippen LogP contribution in [0.2, 0.25) is 0 Å². The first-order valence-electron chi connectivity index (χ1n) is 10.7. The molecule has 2 bridgehead atoms. The Hall–Kier alpha value is -3.10. The topological polar surface area (TPSA) is 84.8 Å². The fraction of sp³-hybridized carbons (Fsp3) is 0.292. The maximum absolute atomic E-state index is 12.0. The highest BCUT2D eigenvalue weighted by Gasteiger charge is 2.48. The maximum Gasteiger partial charge on any atom is 0.219 e. The van der Waals surface area contributed by atoms with Crippen LogP contribution in [-0.2, 0) is 16.4 Å². The van der Waals surface area contributed by atoms with Crippen LogP contribution >= 0.6 is 0 Å². The van der Waals surface area contributed by atoms with E-state index in [-0.39, 0.29) is 17.0 Å². The monoisotopic (exact) mass is 446 g/mol. The number of nitrogens with zero attached hydrogens (tertiary/aromatic N) is 4. The average molecular weight is 447 g/mol. The summed E-state index contributed by atoms with van der Waals surface area (Å²) in [5.74, 6) is 1.53. The Morgan fingerprint density at radius 2 is 2.06 bits per heavy atom. The molecule has 5 heterocycles. The molecular weight excluding hydrogens is 424 g/mol. The van der Waals surface area contributed by atoms with Gasteiger partial charge in [-0.25, -0.2) is 13.4 Å². The number of likely N-dealkylation sites (tertiary alicyclic amines) is 1. The number of fused-ring (bicyclic) bond motifs is 3. The number of aromatic nitrogens is 2. The number of ether oxygens (including phenoxy) is 1. The summed E-state index contributed by atoms with van der Waals surface area (Å²) in [5.41, 5.74) is 4.05. The molecule has 0 N–H and O–H groups in total. The lowest BCUT2D eigenvalue weighted by atomic mass is 10.1. The highest BCUT2D eigenvalue weighted by molar-refractivity contribution is 7.92. The standard InChI is InChI=1S/C24H22N4O3S/c29-32(30)15-20-10-22(32)14-28(20)13-19-3-1-16-9-21(4-5-23(16)27-19)31-24-6-2-17(12-26-24)18-7-8-25-11-18/h1-9,12,20,22H,10-11,13-15H2. The van der Waals surface area contributed by atoms with Crippen LogP contribution in [0.3, 0.4) is 0 Å². The Balaban J connectivity index is 1.15. The number of hydrogen-bond donors (Lipinski definition) is 0. The lowest BCUT2D eigenvalue weighted by Crippen LogP contribution is -2.40. The SMILES string of the molecule is O=S1(=O)CC2CC1CN2Cc1ccc2cc(Oc3ccc(C4=CC=NC4)cn3)ccc2n1. The summed E-state index contributed by atoms with van der Waals surface area (Å²) in [6.07, 6.45) is 6.38. The van der Waals surface area contributed by atoms with Crippen LogP contribution in [0.5, 0.6) is 11.6 Å². The highest BCUT2D eigenvalue weighted by atomic mass is 32.2. The second-order valence-electron chi connectivity index (χ2n) is 8.60. The highest BCUT2D eigenvalue weighted by Crippen LogP contribution is 2.34. The van der Waals surface area contributed by atoms with E-state index in [1.165, 1.54) is 0 Å². The molecule has 2 unspecified atom stereocenters. The number of rotatable bonds is 5. The molecule has 1 aromatic carbocycles. The van der Waals surface area contributed by atoms with E-state index in [1.807, 2.05) is 54.8 Å². The van der Waals surface area contributed by atoms with Crippen LogP contribution in [0, 0.1) is 0 Å². The lowest BCUT2D eigenvalue weighted by molar-refractivity contribution is 0.254. The van der Waals surface area contributed by atoms with Crippen molar-refractivity contribution >= 4 is 32.5 Å². The van der Waals surface area contributed by atoms with Crippen molar-refractivity contribution in [2.24, 2.45) is 4.99 Å². The fourth-order valence-electron chi connectivity index (χ4n) is 4.76. The largest absolute Gasteiger partial charge is 0.439 e. The van der Waals surface area contributed by atoms with Crippen molar-refractivity contribution in [1.82, 2.24) is 14.9 Å². The summed E-state index contributed by atoms with van der Waals surface area (Å²) in [7, 11) is -2.87. The number of sulfone groups is 1. The van der Waals surface area contributed by atoms with E-state index in [1.54, 1.807) is 6.20 Å². The van der Waals surface area contributed by atoms with Crippen molar-refractivity contribution in [3.63, 3.8) is 0 Å². The zero-order valence-electron chi connectivity index (χ0n) is 17.4. The molecule has 2 atom stereocenters. The molecule has 0 spiro atoms. The van der Waals surface area contributed by atoms with Gasteiger partial charge in [-0.05, 0) is 54.0 Å². The van der Waals surface area contributed by atoms with Gasteiger partial charge in [0.2, 0.25) is 5.88 Å². The van der Waals surface area contributed by atoms with Crippen LogP contribution in [0.15, 0.2) is 59.7 Å². The number of allylic oxidation sites excluding steroid dienone is 1. The van der Waals surface area contributed by atoms with Crippen LogP contribution < -0.4 is 4.74 Å². The molecule has 6 rings (SSSR count).